The van der Waals surface area contributed by atoms with E-state index in [1.807, 2.05) is 43.4 Å². The minimum Gasteiger partial charge on any atom is -0.508 e. The Bertz CT molecular complexity index is 1250. The molecule has 2 heterocycles. The number of para-hydroxylation sites is 1. The van der Waals surface area contributed by atoms with Crippen LogP contribution < -0.4 is 10.7 Å². The van der Waals surface area contributed by atoms with Crippen LogP contribution in [0.3, 0.4) is 0 Å². The Morgan fingerprint density at radius 3 is 2.64 bits per heavy atom. The summed E-state index contributed by atoms with van der Waals surface area (Å²) in [5, 5.41) is 13.8. The molecule has 5 rings (SSSR count). The largest absolute Gasteiger partial charge is 0.508 e. The molecule has 33 heavy (non-hydrogen) atoms. The third-order valence-electron chi connectivity index (χ3n) is 6.13. The molecule has 168 valence electrons. The van der Waals surface area contributed by atoms with Gasteiger partial charge in [-0.1, -0.05) is 29.8 Å². The molecule has 0 aromatic heterocycles. The van der Waals surface area contributed by atoms with E-state index < -0.39 is 0 Å². The van der Waals surface area contributed by atoms with Crippen LogP contribution in [0.2, 0.25) is 5.02 Å². The molecule has 0 aliphatic carbocycles. The molecule has 1 amide bonds. The number of carbonyl (C=O) groups excluding carboxylic acids is 1. The number of rotatable bonds is 2. The molecule has 0 bridgehead atoms. The van der Waals surface area contributed by atoms with Crippen LogP contribution in [0.15, 0.2) is 71.7 Å². The predicted octanol–water partition coefficient (Wildman–Crippen LogP) is 4.29. The fourth-order valence-electron chi connectivity index (χ4n) is 4.24. The van der Waals surface area contributed by atoms with E-state index >= 15 is 0 Å². The highest BCUT2D eigenvalue weighted by Crippen LogP contribution is 2.36. The summed E-state index contributed by atoms with van der Waals surface area (Å²) in [4.78, 5) is 20.0. The van der Waals surface area contributed by atoms with Gasteiger partial charge in [0.05, 0.1) is 31.5 Å². The van der Waals surface area contributed by atoms with Gasteiger partial charge in [0.2, 0.25) is 0 Å². The number of hydrogen-bond donors (Lipinski definition) is 3. The number of nitrogens with one attached hydrogen (secondary N) is 2. The third kappa shape index (κ3) is 4.37. The van der Waals surface area contributed by atoms with Gasteiger partial charge in [-0.3, -0.25) is 4.79 Å². The zero-order valence-corrected chi connectivity index (χ0v) is 19.0. The molecule has 1 fully saturated rings. The van der Waals surface area contributed by atoms with Crippen molar-refractivity contribution in [1.29, 1.82) is 0 Å². The number of nitrogens with zero attached hydrogens (tertiary/aromatic N) is 3. The van der Waals surface area contributed by atoms with E-state index in [4.69, 9.17) is 16.6 Å². The van der Waals surface area contributed by atoms with E-state index in [9.17, 15) is 9.90 Å². The summed E-state index contributed by atoms with van der Waals surface area (Å²) >= 11 is 6.25. The van der Waals surface area contributed by atoms with Gasteiger partial charge < -0.3 is 15.3 Å². The highest BCUT2D eigenvalue weighted by atomic mass is 35.5. The summed E-state index contributed by atoms with van der Waals surface area (Å²) in [6, 6.07) is 20.2. The number of phenolic OH excluding ortho intramolecular Hbond substituents is 1. The van der Waals surface area contributed by atoms with Crippen LogP contribution in [0.4, 0.5) is 17.1 Å². The lowest BCUT2D eigenvalue weighted by Gasteiger charge is -2.42. The minimum atomic E-state index is -0.202. The van der Waals surface area contributed by atoms with E-state index in [0.29, 0.717) is 28.3 Å². The van der Waals surface area contributed by atoms with Gasteiger partial charge in [0.1, 0.15) is 24.7 Å². The van der Waals surface area contributed by atoms with Crippen molar-refractivity contribution < 1.29 is 14.5 Å². The molecule has 0 radical (unpaired) electrons. The van der Waals surface area contributed by atoms with Crippen molar-refractivity contribution in [3.05, 3.63) is 82.9 Å². The zero-order chi connectivity index (χ0) is 23.0. The number of anilines is 2. The Labute approximate surface area is 197 Å². The second kappa shape index (κ2) is 8.42. The van der Waals surface area contributed by atoms with Crippen LogP contribution in [-0.2, 0) is 0 Å². The van der Waals surface area contributed by atoms with Gasteiger partial charge in [-0.05, 0) is 48.5 Å². The number of halogens is 1. The maximum absolute atomic E-state index is 12.7. The molecule has 0 saturated carbocycles. The van der Waals surface area contributed by atoms with Gasteiger partial charge >= 0.3 is 0 Å². The van der Waals surface area contributed by atoms with Gasteiger partial charge in [-0.25, -0.2) is 9.58 Å². The molecule has 8 heteroatoms. The first-order valence-corrected chi connectivity index (χ1v) is 11.2. The van der Waals surface area contributed by atoms with Crippen molar-refractivity contribution in [2.45, 2.75) is 0 Å². The molecule has 3 aromatic carbocycles. The number of phenols is 1. The van der Waals surface area contributed by atoms with Crippen LogP contribution in [0.1, 0.15) is 15.9 Å². The fourth-order valence-corrected chi connectivity index (χ4v) is 4.40. The smallest absolute Gasteiger partial charge is 0.296 e. The second-order valence-electron chi connectivity index (χ2n) is 8.59. The first-order chi connectivity index (χ1) is 15.9. The number of aromatic hydroxyl groups is 1. The summed E-state index contributed by atoms with van der Waals surface area (Å²) < 4.78 is 0.403. The van der Waals surface area contributed by atoms with Crippen LogP contribution in [0.5, 0.6) is 5.75 Å². The maximum Gasteiger partial charge on any atom is 0.296 e. The highest BCUT2D eigenvalue weighted by molar-refractivity contribution is 6.31. The number of benzene rings is 3. The molecule has 1 saturated heterocycles. The molecule has 0 unspecified atom stereocenters. The minimum absolute atomic E-state index is 0.0779. The van der Waals surface area contributed by atoms with E-state index in [0.717, 1.165) is 41.6 Å². The number of fused-ring (bicyclic) bond motifs is 2. The Kier molecular flexibility index (Phi) is 5.44. The molecule has 0 atom stereocenters. The lowest BCUT2D eigenvalue weighted by Crippen LogP contribution is -2.65. The number of amidine groups is 1. The number of likely N-dealkylation sites (N-methyl/N-ethyl adjacent to an activating group) is 1. The van der Waals surface area contributed by atoms with Crippen LogP contribution in [0.25, 0.3) is 0 Å². The monoisotopic (exact) mass is 462 g/mol. The number of quaternary nitrogens is 1. The average Bonchev–Trinajstić information content (AvgIpc) is 2.96. The number of hydrogen-bond acceptors (Lipinski definition) is 5. The SMILES string of the molecule is C[N+]1(NC(=O)c2cccc(O)c2)CCN(C2=Nc3cc(Cl)ccc3Nc3ccccc32)CC1. The Morgan fingerprint density at radius 1 is 1.06 bits per heavy atom. The molecule has 3 aromatic rings. The summed E-state index contributed by atoms with van der Waals surface area (Å²) in [5.74, 6) is 0.769. The fraction of sp³-hybridized carbons (Fsp3) is 0.200. The average molecular weight is 463 g/mol. The second-order valence-corrected chi connectivity index (χ2v) is 9.03. The summed E-state index contributed by atoms with van der Waals surface area (Å²) in [6.07, 6.45) is 0. The Balaban J connectivity index is 1.38. The lowest BCUT2D eigenvalue weighted by atomic mass is 10.1. The zero-order valence-electron chi connectivity index (χ0n) is 18.3. The lowest BCUT2D eigenvalue weighted by molar-refractivity contribution is -0.946. The van der Waals surface area contributed by atoms with Crippen LogP contribution >= 0.6 is 11.6 Å². The Hall–Kier alpha value is -3.55. The van der Waals surface area contributed by atoms with Crippen molar-refractivity contribution in [2.24, 2.45) is 4.99 Å². The van der Waals surface area contributed by atoms with Crippen molar-refractivity contribution in [2.75, 3.05) is 38.5 Å². The highest BCUT2D eigenvalue weighted by Gasteiger charge is 2.34. The standard InChI is InChI=1S/C25H24ClN5O2/c1-31(29-25(33)17-5-4-6-19(32)15-17)13-11-30(12-14-31)24-20-7-2-3-8-21(20)27-22-10-9-18(26)16-23(22)28-24/h2-10,15-16H,11-14H2,1H3,(H2-,27,28,29,32,33)/p+1. The van der Waals surface area contributed by atoms with Crippen molar-refractivity contribution in [3.8, 4) is 5.75 Å². The number of amides is 1. The third-order valence-corrected chi connectivity index (χ3v) is 6.36. The van der Waals surface area contributed by atoms with Gasteiger partial charge in [0.25, 0.3) is 5.91 Å². The maximum atomic E-state index is 12.7. The number of aliphatic imine (C=N–C) groups is 1. The number of piperazine rings is 1. The first kappa shape index (κ1) is 21.3. The molecular weight excluding hydrogens is 438 g/mol. The summed E-state index contributed by atoms with van der Waals surface area (Å²) in [6.45, 7) is 2.86. The molecule has 2 aliphatic heterocycles. The normalized spacial score (nSPS) is 16.5. The van der Waals surface area contributed by atoms with E-state index in [1.54, 1.807) is 18.2 Å². The predicted molar refractivity (Wildman–Crippen MR) is 130 cm³/mol. The first-order valence-electron chi connectivity index (χ1n) is 10.9. The van der Waals surface area contributed by atoms with E-state index in [1.165, 1.54) is 6.07 Å². The van der Waals surface area contributed by atoms with Crippen molar-refractivity contribution >= 4 is 40.4 Å². The van der Waals surface area contributed by atoms with Gasteiger partial charge in [-0.15, -0.1) is 0 Å². The van der Waals surface area contributed by atoms with Crippen molar-refractivity contribution in [3.63, 3.8) is 0 Å². The quantitative estimate of drug-likeness (QED) is 0.496. The molecule has 2 aliphatic rings. The molecule has 3 N–H and O–H groups in total. The van der Waals surface area contributed by atoms with Crippen LogP contribution in [0, 0.1) is 0 Å². The summed E-state index contributed by atoms with van der Waals surface area (Å²) in [5.41, 5.74) is 7.30. The topological polar surface area (TPSA) is 77.0 Å². The van der Waals surface area contributed by atoms with Gasteiger partial charge in [-0.2, -0.15) is 5.43 Å². The van der Waals surface area contributed by atoms with Gasteiger partial charge in [0.15, 0.2) is 0 Å². The van der Waals surface area contributed by atoms with E-state index in [-0.39, 0.29) is 11.7 Å². The Morgan fingerprint density at radius 2 is 1.85 bits per heavy atom. The molecule has 7 nitrogen and oxygen atoms in total. The number of carbonyl (C=O) groups is 1. The van der Waals surface area contributed by atoms with E-state index in [2.05, 4.69) is 21.7 Å². The van der Waals surface area contributed by atoms with Gasteiger partial charge in [0, 0.05) is 21.8 Å². The summed E-state index contributed by atoms with van der Waals surface area (Å²) in [7, 11) is 2.01. The van der Waals surface area contributed by atoms with Crippen LogP contribution in [-0.4, -0.2) is 59.6 Å². The van der Waals surface area contributed by atoms with Crippen molar-refractivity contribution in [1.82, 2.24) is 10.3 Å². The molecular formula is C25H25ClN5O2+. The molecule has 0 spiro atoms.